The molecule has 138 valence electrons. The van der Waals surface area contributed by atoms with E-state index >= 15 is 0 Å². The molecule has 1 aliphatic rings. The molecule has 1 heterocycles. The van der Waals surface area contributed by atoms with E-state index < -0.39 is 0 Å². The number of hydrogen-bond acceptors (Lipinski definition) is 4. The molecule has 1 atom stereocenters. The fourth-order valence-corrected chi connectivity index (χ4v) is 3.06. The molecule has 5 nitrogen and oxygen atoms in total. The fourth-order valence-electron chi connectivity index (χ4n) is 2.87. The average molecular weight is 375 g/mol. The van der Waals surface area contributed by atoms with E-state index in [1.165, 1.54) is 5.56 Å². The van der Waals surface area contributed by atoms with Crippen LogP contribution in [-0.4, -0.2) is 49.8 Å². The molecule has 0 bridgehead atoms. The molecule has 2 aromatic carbocycles. The summed E-state index contributed by atoms with van der Waals surface area (Å²) < 4.78 is 11.2. The lowest BCUT2D eigenvalue weighted by atomic mass is 10.2. The van der Waals surface area contributed by atoms with Crippen LogP contribution in [0.3, 0.4) is 0 Å². The lowest BCUT2D eigenvalue weighted by molar-refractivity contribution is -0.124. The van der Waals surface area contributed by atoms with Gasteiger partial charge in [-0.25, -0.2) is 0 Å². The second-order valence-electron chi connectivity index (χ2n) is 6.24. The number of carbonyl (C=O) groups excluding carboxylic acids is 1. The topological polar surface area (TPSA) is 50.8 Å². The van der Waals surface area contributed by atoms with Crippen molar-refractivity contribution in [2.24, 2.45) is 0 Å². The molecule has 1 fully saturated rings. The fraction of sp³-hybridized carbons (Fsp3) is 0.350. The maximum atomic E-state index is 12.0. The van der Waals surface area contributed by atoms with Crippen molar-refractivity contribution in [3.63, 3.8) is 0 Å². The van der Waals surface area contributed by atoms with Gasteiger partial charge in [-0.2, -0.15) is 0 Å². The molecule has 0 aromatic heterocycles. The minimum Gasteiger partial charge on any atom is -0.482 e. The van der Waals surface area contributed by atoms with Crippen LogP contribution in [0.4, 0.5) is 0 Å². The maximum absolute atomic E-state index is 12.0. The van der Waals surface area contributed by atoms with E-state index in [1.54, 1.807) is 12.1 Å². The summed E-state index contributed by atoms with van der Waals surface area (Å²) in [7, 11) is 0. The second kappa shape index (κ2) is 9.57. The Hall–Kier alpha value is -2.08. The van der Waals surface area contributed by atoms with Crippen LogP contribution in [0.5, 0.6) is 5.75 Å². The van der Waals surface area contributed by atoms with Crippen molar-refractivity contribution in [2.75, 3.05) is 32.8 Å². The van der Waals surface area contributed by atoms with Crippen molar-refractivity contribution in [3.8, 4) is 5.75 Å². The Morgan fingerprint density at radius 2 is 1.96 bits per heavy atom. The van der Waals surface area contributed by atoms with Crippen molar-refractivity contribution < 1.29 is 14.3 Å². The number of para-hydroxylation sites is 1. The number of amides is 1. The lowest BCUT2D eigenvalue weighted by Gasteiger charge is -2.33. The molecule has 0 radical (unpaired) electrons. The highest BCUT2D eigenvalue weighted by Gasteiger charge is 2.21. The molecule has 1 amide bonds. The molecule has 1 saturated heterocycles. The van der Waals surface area contributed by atoms with Gasteiger partial charge in [-0.15, -0.1) is 0 Å². The second-order valence-corrected chi connectivity index (χ2v) is 6.64. The van der Waals surface area contributed by atoms with Crippen LogP contribution in [0.25, 0.3) is 0 Å². The molecule has 3 rings (SSSR count). The molecular weight excluding hydrogens is 352 g/mol. The van der Waals surface area contributed by atoms with E-state index in [1.807, 2.05) is 30.3 Å². The summed E-state index contributed by atoms with van der Waals surface area (Å²) in [5.74, 6) is 0.320. The summed E-state index contributed by atoms with van der Waals surface area (Å²) in [6, 6.07) is 17.5. The summed E-state index contributed by atoms with van der Waals surface area (Å²) in [5, 5.41) is 3.36. The number of hydrogen-bond donors (Lipinski definition) is 1. The van der Waals surface area contributed by atoms with Crippen molar-refractivity contribution in [2.45, 2.75) is 12.6 Å². The third kappa shape index (κ3) is 5.73. The molecular formula is C20H23ClN2O3. The van der Waals surface area contributed by atoms with Gasteiger partial charge in [-0.1, -0.05) is 54.1 Å². The number of nitrogens with one attached hydrogen (secondary N) is 1. The molecule has 1 unspecified atom stereocenters. The molecule has 0 aliphatic carbocycles. The highest BCUT2D eigenvalue weighted by molar-refractivity contribution is 6.32. The summed E-state index contributed by atoms with van der Waals surface area (Å²) in [5.41, 5.74) is 1.28. The molecule has 26 heavy (non-hydrogen) atoms. The van der Waals surface area contributed by atoms with E-state index in [0.717, 1.165) is 19.6 Å². The van der Waals surface area contributed by atoms with Gasteiger partial charge in [0.15, 0.2) is 6.61 Å². The van der Waals surface area contributed by atoms with E-state index in [2.05, 4.69) is 22.3 Å². The highest BCUT2D eigenvalue weighted by atomic mass is 35.5. The Balaban J connectivity index is 1.39. The van der Waals surface area contributed by atoms with Crippen molar-refractivity contribution in [1.29, 1.82) is 0 Å². The molecule has 6 heteroatoms. The van der Waals surface area contributed by atoms with Gasteiger partial charge in [0.1, 0.15) is 5.75 Å². The van der Waals surface area contributed by atoms with Crippen LogP contribution in [0, 0.1) is 0 Å². The zero-order valence-corrected chi connectivity index (χ0v) is 15.3. The largest absolute Gasteiger partial charge is 0.482 e. The van der Waals surface area contributed by atoms with Crippen LogP contribution >= 0.6 is 11.6 Å². The predicted molar refractivity (Wildman–Crippen MR) is 101 cm³/mol. The van der Waals surface area contributed by atoms with Gasteiger partial charge >= 0.3 is 0 Å². The first-order chi connectivity index (χ1) is 12.7. The van der Waals surface area contributed by atoms with Crippen LogP contribution < -0.4 is 10.1 Å². The van der Waals surface area contributed by atoms with Crippen LogP contribution in [0.1, 0.15) is 5.56 Å². The van der Waals surface area contributed by atoms with Gasteiger partial charge in [0, 0.05) is 26.2 Å². The van der Waals surface area contributed by atoms with Gasteiger partial charge in [-0.05, 0) is 17.7 Å². The monoisotopic (exact) mass is 374 g/mol. The van der Waals surface area contributed by atoms with Crippen molar-refractivity contribution >= 4 is 17.5 Å². The predicted octanol–water partition coefficient (Wildman–Crippen LogP) is 2.74. The summed E-state index contributed by atoms with van der Waals surface area (Å²) in [4.78, 5) is 14.3. The number of carbonyl (C=O) groups is 1. The van der Waals surface area contributed by atoms with E-state index in [4.69, 9.17) is 21.1 Å². The molecule has 0 saturated carbocycles. The Kier molecular flexibility index (Phi) is 6.89. The van der Waals surface area contributed by atoms with Crippen LogP contribution in [0.15, 0.2) is 54.6 Å². The normalized spacial score (nSPS) is 17.7. The van der Waals surface area contributed by atoms with E-state index in [-0.39, 0.29) is 18.6 Å². The van der Waals surface area contributed by atoms with Crippen molar-refractivity contribution in [3.05, 3.63) is 65.2 Å². The first-order valence-electron chi connectivity index (χ1n) is 8.72. The Labute approximate surface area is 158 Å². The minimum absolute atomic E-state index is 0.0169. The zero-order chi connectivity index (χ0) is 18.2. The first kappa shape index (κ1) is 18.7. The zero-order valence-electron chi connectivity index (χ0n) is 14.6. The molecule has 1 N–H and O–H groups in total. The average Bonchev–Trinajstić information content (AvgIpc) is 2.67. The summed E-state index contributed by atoms with van der Waals surface area (Å²) in [6.07, 6.45) is -0.0169. The molecule has 2 aromatic rings. The number of morpholine rings is 1. The third-order valence-corrected chi connectivity index (χ3v) is 4.51. The number of rotatable bonds is 7. The number of benzene rings is 2. The maximum Gasteiger partial charge on any atom is 0.258 e. The number of nitrogens with zero attached hydrogens (tertiary/aromatic N) is 1. The third-order valence-electron chi connectivity index (χ3n) is 4.19. The smallest absolute Gasteiger partial charge is 0.258 e. The van der Waals surface area contributed by atoms with E-state index in [9.17, 15) is 4.79 Å². The summed E-state index contributed by atoms with van der Waals surface area (Å²) >= 11 is 6.01. The van der Waals surface area contributed by atoms with Gasteiger partial charge in [0.05, 0.1) is 17.7 Å². The van der Waals surface area contributed by atoms with Gasteiger partial charge < -0.3 is 14.8 Å². The van der Waals surface area contributed by atoms with Gasteiger partial charge in [-0.3, -0.25) is 9.69 Å². The first-order valence-corrected chi connectivity index (χ1v) is 9.10. The molecule has 1 aliphatic heterocycles. The van der Waals surface area contributed by atoms with Gasteiger partial charge in [0.2, 0.25) is 0 Å². The SMILES string of the molecule is O=C(COc1ccccc1Cl)NCC1CN(Cc2ccccc2)CCO1. The van der Waals surface area contributed by atoms with Crippen molar-refractivity contribution in [1.82, 2.24) is 10.2 Å². The van der Waals surface area contributed by atoms with Crippen LogP contribution in [0.2, 0.25) is 5.02 Å². The quantitative estimate of drug-likeness (QED) is 0.809. The molecule has 0 spiro atoms. The summed E-state index contributed by atoms with van der Waals surface area (Å²) in [6.45, 7) is 3.66. The Morgan fingerprint density at radius 3 is 2.77 bits per heavy atom. The van der Waals surface area contributed by atoms with E-state index in [0.29, 0.717) is 23.9 Å². The lowest BCUT2D eigenvalue weighted by Crippen LogP contribution is -2.47. The van der Waals surface area contributed by atoms with Gasteiger partial charge in [0.25, 0.3) is 5.91 Å². The number of halogens is 1. The highest BCUT2D eigenvalue weighted by Crippen LogP contribution is 2.22. The van der Waals surface area contributed by atoms with Crippen LogP contribution in [-0.2, 0) is 16.1 Å². The Morgan fingerprint density at radius 1 is 1.19 bits per heavy atom. The number of ether oxygens (including phenoxy) is 2. The minimum atomic E-state index is -0.186. The Bertz CT molecular complexity index is 711. The standard InChI is InChI=1S/C20H23ClN2O3/c21-18-8-4-5-9-19(18)26-15-20(24)22-12-17-14-23(10-11-25-17)13-16-6-2-1-3-7-16/h1-9,17H,10-15H2,(H,22,24).